The predicted molar refractivity (Wildman–Crippen MR) is 186 cm³/mol. The summed E-state index contributed by atoms with van der Waals surface area (Å²) >= 11 is 1.51. The lowest BCUT2D eigenvalue weighted by Gasteiger charge is -2.36. The van der Waals surface area contributed by atoms with Gasteiger partial charge in [0.1, 0.15) is 12.4 Å². The van der Waals surface area contributed by atoms with Gasteiger partial charge >= 0.3 is 12.1 Å². The lowest BCUT2D eigenvalue weighted by Crippen LogP contribution is -2.48. The van der Waals surface area contributed by atoms with Crippen LogP contribution < -0.4 is 14.5 Å². The Kier molecular flexibility index (Phi) is 10.4. The molecule has 1 atom stereocenters. The molecule has 0 aliphatic carbocycles. The van der Waals surface area contributed by atoms with Crippen LogP contribution in [0.25, 0.3) is 10.8 Å². The van der Waals surface area contributed by atoms with Crippen LogP contribution in [0.15, 0.2) is 88.7 Å². The summed E-state index contributed by atoms with van der Waals surface area (Å²) in [6.45, 7) is 7.59. The number of fused-ring (bicyclic) bond motifs is 3. The first-order valence-electron chi connectivity index (χ1n) is 16.3. The molecular formula is C37H41F3N4O3S. The van der Waals surface area contributed by atoms with Crippen molar-refractivity contribution in [2.24, 2.45) is 0 Å². The Hall–Kier alpha value is -3.93. The van der Waals surface area contributed by atoms with E-state index in [1.165, 1.54) is 23.9 Å². The van der Waals surface area contributed by atoms with E-state index in [1.54, 1.807) is 13.0 Å². The van der Waals surface area contributed by atoms with Crippen molar-refractivity contribution in [2.45, 2.75) is 35.4 Å². The summed E-state index contributed by atoms with van der Waals surface area (Å²) in [7, 11) is 4.00. The number of ether oxygens (including phenoxy) is 2. The molecule has 2 aliphatic heterocycles. The Morgan fingerprint density at radius 3 is 2.23 bits per heavy atom. The highest BCUT2D eigenvalue weighted by Gasteiger charge is 2.33. The van der Waals surface area contributed by atoms with Gasteiger partial charge in [-0.2, -0.15) is 13.2 Å². The molecule has 0 N–H and O–H groups in total. The van der Waals surface area contributed by atoms with Crippen LogP contribution in [0.4, 0.5) is 30.2 Å². The lowest BCUT2D eigenvalue weighted by molar-refractivity contribution is -0.151. The van der Waals surface area contributed by atoms with Gasteiger partial charge < -0.3 is 24.2 Å². The van der Waals surface area contributed by atoms with Gasteiger partial charge in [-0.15, -0.1) is 0 Å². The zero-order valence-electron chi connectivity index (χ0n) is 27.5. The predicted octanol–water partition coefficient (Wildman–Crippen LogP) is 7.55. The molecule has 6 rings (SSSR count). The summed E-state index contributed by atoms with van der Waals surface area (Å²) in [5.74, 6) is 0.256. The SMILES string of the molecule is CC(Oc1ccc(N(C)C)c2ccccc12)C(=O)OCCN1CCN(CCCN2c3ccccc3Sc3ccc(C(F)(F)F)cc32)CC1. The maximum atomic E-state index is 13.6. The number of para-hydroxylation sites is 1. The molecule has 7 nitrogen and oxygen atoms in total. The smallest absolute Gasteiger partial charge is 0.416 e. The number of esters is 1. The molecule has 0 amide bonds. The summed E-state index contributed by atoms with van der Waals surface area (Å²) < 4.78 is 52.3. The first-order chi connectivity index (χ1) is 23.1. The quantitative estimate of drug-likeness (QED) is 0.151. The van der Waals surface area contributed by atoms with Crippen LogP contribution >= 0.6 is 11.8 Å². The Morgan fingerprint density at radius 1 is 0.833 bits per heavy atom. The van der Waals surface area contributed by atoms with Crippen molar-refractivity contribution < 1.29 is 27.4 Å². The number of nitrogens with zero attached hydrogens (tertiary/aromatic N) is 4. The number of benzene rings is 4. The van der Waals surface area contributed by atoms with Crippen LogP contribution in [-0.2, 0) is 15.7 Å². The largest absolute Gasteiger partial charge is 0.478 e. The number of halogens is 3. The van der Waals surface area contributed by atoms with Gasteiger partial charge in [0.05, 0.1) is 16.9 Å². The van der Waals surface area contributed by atoms with Gasteiger partial charge in [-0.05, 0) is 62.4 Å². The van der Waals surface area contributed by atoms with Crippen LogP contribution in [0.5, 0.6) is 5.75 Å². The number of anilines is 3. The first-order valence-corrected chi connectivity index (χ1v) is 17.1. The Morgan fingerprint density at radius 2 is 1.50 bits per heavy atom. The third-order valence-corrected chi connectivity index (χ3v) is 10.0. The zero-order chi connectivity index (χ0) is 33.8. The summed E-state index contributed by atoms with van der Waals surface area (Å²) in [6, 6.07) is 23.8. The molecular weight excluding hydrogens is 637 g/mol. The van der Waals surface area contributed by atoms with E-state index in [1.807, 2.05) is 79.7 Å². The highest BCUT2D eigenvalue weighted by molar-refractivity contribution is 7.99. The van der Waals surface area contributed by atoms with Crippen molar-refractivity contribution in [3.05, 3.63) is 84.4 Å². The fourth-order valence-corrected chi connectivity index (χ4v) is 7.39. The van der Waals surface area contributed by atoms with Crippen molar-refractivity contribution in [3.63, 3.8) is 0 Å². The number of rotatable bonds is 11. The topological polar surface area (TPSA) is 48.5 Å². The minimum absolute atomic E-state index is 0.290. The van der Waals surface area contributed by atoms with Crippen molar-refractivity contribution >= 4 is 45.6 Å². The molecule has 0 bridgehead atoms. The average Bonchev–Trinajstić information content (AvgIpc) is 3.08. The highest BCUT2D eigenvalue weighted by atomic mass is 32.2. The molecule has 1 fully saturated rings. The number of hydrogen-bond acceptors (Lipinski definition) is 8. The second-order valence-corrected chi connectivity index (χ2v) is 13.5. The summed E-state index contributed by atoms with van der Waals surface area (Å²) in [5, 5.41) is 2.00. The van der Waals surface area contributed by atoms with E-state index >= 15 is 0 Å². The third-order valence-electron chi connectivity index (χ3n) is 8.90. The van der Waals surface area contributed by atoms with E-state index in [9.17, 15) is 18.0 Å². The van der Waals surface area contributed by atoms with Crippen molar-refractivity contribution in [1.29, 1.82) is 0 Å². The summed E-state index contributed by atoms with van der Waals surface area (Å²) in [5.41, 5.74) is 2.01. The van der Waals surface area contributed by atoms with Crippen molar-refractivity contribution in [2.75, 3.05) is 76.3 Å². The minimum atomic E-state index is -4.39. The molecule has 11 heteroatoms. The number of alkyl halides is 3. The number of carbonyl (C=O) groups excluding carboxylic acids is 1. The van der Waals surface area contributed by atoms with Crippen LogP contribution in [0.3, 0.4) is 0 Å². The summed E-state index contributed by atoms with van der Waals surface area (Å²) in [6.07, 6.45) is -4.31. The average molecular weight is 679 g/mol. The molecule has 254 valence electrons. The van der Waals surface area contributed by atoms with Gasteiger partial charge in [0, 0.05) is 79.6 Å². The molecule has 2 aliphatic rings. The molecule has 1 saturated heterocycles. The van der Waals surface area contributed by atoms with Gasteiger partial charge in [-0.3, -0.25) is 4.90 Å². The van der Waals surface area contributed by atoms with E-state index in [4.69, 9.17) is 9.47 Å². The van der Waals surface area contributed by atoms with E-state index < -0.39 is 23.8 Å². The van der Waals surface area contributed by atoms with Crippen LogP contribution in [-0.4, -0.2) is 88.4 Å². The first kappa shape index (κ1) is 34.0. The molecule has 48 heavy (non-hydrogen) atoms. The third kappa shape index (κ3) is 7.69. The number of piperazine rings is 1. The highest BCUT2D eigenvalue weighted by Crippen LogP contribution is 2.49. The molecule has 0 saturated carbocycles. The van der Waals surface area contributed by atoms with Gasteiger partial charge in [-0.1, -0.05) is 48.2 Å². The zero-order valence-corrected chi connectivity index (χ0v) is 28.3. The fraction of sp³-hybridized carbons (Fsp3) is 0.378. The molecule has 4 aromatic rings. The van der Waals surface area contributed by atoms with Crippen molar-refractivity contribution in [1.82, 2.24) is 9.80 Å². The fourth-order valence-electron chi connectivity index (χ4n) is 6.31. The number of hydrogen-bond donors (Lipinski definition) is 0. The maximum absolute atomic E-state index is 13.6. The van der Waals surface area contributed by atoms with Gasteiger partial charge in [-0.25, -0.2) is 4.79 Å². The van der Waals surface area contributed by atoms with E-state index in [2.05, 4.69) is 14.7 Å². The second kappa shape index (κ2) is 14.7. The Labute approximate surface area is 284 Å². The van der Waals surface area contributed by atoms with E-state index in [-0.39, 0.29) is 0 Å². The summed E-state index contributed by atoms with van der Waals surface area (Å²) in [4.78, 5) is 23.4. The van der Waals surface area contributed by atoms with Crippen LogP contribution in [0, 0.1) is 0 Å². The van der Waals surface area contributed by atoms with E-state index in [0.29, 0.717) is 31.1 Å². The molecule has 0 aromatic heterocycles. The van der Waals surface area contributed by atoms with Gasteiger partial charge in [0.15, 0.2) is 6.10 Å². The minimum Gasteiger partial charge on any atom is -0.478 e. The van der Waals surface area contributed by atoms with Gasteiger partial charge in [0.25, 0.3) is 0 Å². The number of carbonyl (C=O) groups is 1. The van der Waals surface area contributed by atoms with E-state index in [0.717, 1.165) is 71.1 Å². The second-order valence-electron chi connectivity index (χ2n) is 12.4. The Balaban J connectivity index is 0.952. The molecule has 0 radical (unpaired) electrons. The molecule has 0 spiro atoms. The molecule has 4 aromatic carbocycles. The van der Waals surface area contributed by atoms with Gasteiger partial charge in [0.2, 0.25) is 0 Å². The van der Waals surface area contributed by atoms with Crippen molar-refractivity contribution in [3.8, 4) is 5.75 Å². The monoisotopic (exact) mass is 678 g/mol. The molecule has 1 unspecified atom stereocenters. The van der Waals surface area contributed by atoms with Crippen LogP contribution in [0.2, 0.25) is 0 Å². The maximum Gasteiger partial charge on any atom is 0.416 e. The van der Waals surface area contributed by atoms with Crippen LogP contribution in [0.1, 0.15) is 18.9 Å². The standard InChI is InChI=1S/C37H41F3N4O3S/c1-26(47-33-15-14-30(41(2)3)28-9-4-5-10-29(28)33)36(45)46-24-23-43-21-19-42(20-22-43)17-8-18-44-31-11-6-7-12-34(31)48-35-16-13-27(25-32(35)44)37(38,39)40/h4-7,9-16,25-26H,8,17-24H2,1-3H3. The lowest BCUT2D eigenvalue weighted by atomic mass is 10.1. The molecule has 2 heterocycles. The normalized spacial score (nSPS) is 15.9. The Bertz CT molecular complexity index is 1740.